The quantitative estimate of drug-likeness (QED) is 0.570. The lowest BCUT2D eigenvalue weighted by atomic mass is 10.2. The number of nitrogens with one attached hydrogen (secondary N) is 4. The number of aromatic amines is 1. The average Bonchev–Trinajstić information content (AvgIpc) is 2.97. The van der Waals surface area contributed by atoms with Gasteiger partial charge in [0.1, 0.15) is 5.82 Å². The van der Waals surface area contributed by atoms with Gasteiger partial charge >= 0.3 is 6.03 Å². The number of nitrogens with zero attached hydrogens (tertiary/aromatic N) is 2. The van der Waals surface area contributed by atoms with Crippen molar-refractivity contribution in [2.75, 3.05) is 17.2 Å². The van der Waals surface area contributed by atoms with Crippen molar-refractivity contribution < 1.29 is 4.79 Å². The standard InChI is InChI=1S/C16H17ClN6O/c1-2-18-15-12-9-19-14(7-13(12)22-23-15)21-16(24)20-8-10-3-5-11(17)6-4-10/h3-7,9H,2,8H2,1H3,(H2,18,22,23)(H2,19,20,21,24). The van der Waals surface area contributed by atoms with Crippen LogP contribution in [0.4, 0.5) is 16.4 Å². The Labute approximate surface area is 143 Å². The van der Waals surface area contributed by atoms with Crippen molar-refractivity contribution in [1.82, 2.24) is 20.5 Å². The van der Waals surface area contributed by atoms with Gasteiger partial charge in [-0.15, -0.1) is 0 Å². The summed E-state index contributed by atoms with van der Waals surface area (Å²) in [5, 5.41) is 17.2. The largest absolute Gasteiger partial charge is 0.368 e. The van der Waals surface area contributed by atoms with Crippen molar-refractivity contribution in [3.63, 3.8) is 0 Å². The first kappa shape index (κ1) is 16.1. The van der Waals surface area contributed by atoms with E-state index in [0.717, 1.165) is 28.8 Å². The smallest absolute Gasteiger partial charge is 0.320 e. The average molecular weight is 345 g/mol. The van der Waals surface area contributed by atoms with Gasteiger partial charge in [-0.25, -0.2) is 9.78 Å². The molecule has 0 radical (unpaired) electrons. The van der Waals surface area contributed by atoms with E-state index in [1.807, 2.05) is 19.1 Å². The fraction of sp³-hybridized carbons (Fsp3) is 0.188. The van der Waals surface area contributed by atoms with Crippen LogP contribution in [0.3, 0.4) is 0 Å². The first-order valence-electron chi connectivity index (χ1n) is 7.53. The van der Waals surface area contributed by atoms with Crippen LogP contribution >= 0.6 is 11.6 Å². The number of amides is 2. The lowest BCUT2D eigenvalue weighted by Gasteiger charge is -2.07. The Morgan fingerprint density at radius 2 is 2.08 bits per heavy atom. The molecule has 8 heteroatoms. The summed E-state index contributed by atoms with van der Waals surface area (Å²) in [6, 6.07) is 8.70. The van der Waals surface area contributed by atoms with E-state index in [1.165, 1.54) is 0 Å². The number of carbonyl (C=O) groups is 1. The second kappa shape index (κ2) is 7.18. The highest BCUT2D eigenvalue weighted by Crippen LogP contribution is 2.21. The first-order valence-corrected chi connectivity index (χ1v) is 7.91. The fourth-order valence-electron chi connectivity index (χ4n) is 2.23. The molecule has 0 fully saturated rings. The number of benzene rings is 1. The Kier molecular flexibility index (Phi) is 4.81. The van der Waals surface area contributed by atoms with Crippen LogP contribution in [0.25, 0.3) is 10.9 Å². The molecular weight excluding hydrogens is 328 g/mol. The molecule has 0 saturated heterocycles. The zero-order chi connectivity index (χ0) is 16.9. The van der Waals surface area contributed by atoms with Crippen LogP contribution in [0.1, 0.15) is 12.5 Å². The predicted molar refractivity (Wildman–Crippen MR) is 95.4 cm³/mol. The van der Waals surface area contributed by atoms with E-state index in [4.69, 9.17) is 11.6 Å². The topological polar surface area (TPSA) is 94.7 Å². The van der Waals surface area contributed by atoms with Gasteiger partial charge in [-0.3, -0.25) is 10.4 Å². The Morgan fingerprint density at radius 1 is 1.29 bits per heavy atom. The number of aromatic nitrogens is 3. The Hall–Kier alpha value is -2.80. The van der Waals surface area contributed by atoms with Crippen molar-refractivity contribution in [1.29, 1.82) is 0 Å². The molecule has 0 atom stereocenters. The van der Waals surface area contributed by atoms with E-state index < -0.39 is 0 Å². The molecule has 0 aliphatic rings. The van der Waals surface area contributed by atoms with Gasteiger partial charge in [0.05, 0.1) is 10.9 Å². The van der Waals surface area contributed by atoms with E-state index in [-0.39, 0.29) is 6.03 Å². The summed E-state index contributed by atoms with van der Waals surface area (Å²) >= 11 is 5.83. The Bertz CT molecular complexity index is 845. The van der Waals surface area contributed by atoms with Gasteiger partial charge in [0, 0.05) is 30.4 Å². The number of hydrogen-bond acceptors (Lipinski definition) is 4. The van der Waals surface area contributed by atoms with Gasteiger partial charge in [-0.05, 0) is 24.6 Å². The number of rotatable bonds is 5. The molecule has 0 spiro atoms. The molecule has 7 nitrogen and oxygen atoms in total. The maximum absolute atomic E-state index is 12.0. The fourth-order valence-corrected chi connectivity index (χ4v) is 2.35. The molecule has 2 aromatic heterocycles. The third kappa shape index (κ3) is 3.75. The predicted octanol–water partition coefficient (Wildman–Crippen LogP) is 3.36. The van der Waals surface area contributed by atoms with Gasteiger partial charge in [0.25, 0.3) is 0 Å². The van der Waals surface area contributed by atoms with Crippen LogP contribution in [0.5, 0.6) is 0 Å². The number of urea groups is 1. The summed E-state index contributed by atoms with van der Waals surface area (Å²) in [5.41, 5.74) is 1.76. The maximum Gasteiger partial charge on any atom is 0.320 e. The third-order valence-electron chi connectivity index (χ3n) is 3.40. The van der Waals surface area contributed by atoms with Crippen molar-refractivity contribution >= 4 is 40.2 Å². The lowest BCUT2D eigenvalue weighted by molar-refractivity contribution is 0.251. The highest BCUT2D eigenvalue weighted by atomic mass is 35.5. The number of halogens is 1. The number of fused-ring (bicyclic) bond motifs is 1. The zero-order valence-electron chi connectivity index (χ0n) is 13.1. The highest BCUT2D eigenvalue weighted by Gasteiger charge is 2.08. The van der Waals surface area contributed by atoms with E-state index >= 15 is 0 Å². The van der Waals surface area contributed by atoms with Gasteiger partial charge in [0.2, 0.25) is 0 Å². The minimum Gasteiger partial charge on any atom is -0.368 e. The molecule has 0 unspecified atom stereocenters. The molecule has 0 aliphatic heterocycles. The summed E-state index contributed by atoms with van der Waals surface area (Å²) in [5.74, 6) is 1.20. The van der Waals surface area contributed by atoms with E-state index in [1.54, 1.807) is 24.4 Å². The Balaban J connectivity index is 1.61. The van der Waals surface area contributed by atoms with Crippen LogP contribution in [0, 0.1) is 0 Å². The highest BCUT2D eigenvalue weighted by molar-refractivity contribution is 6.30. The number of pyridine rings is 1. The number of hydrogen-bond donors (Lipinski definition) is 4. The van der Waals surface area contributed by atoms with Crippen molar-refractivity contribution in [2.24, 2.45) is 0 Å². The summed E-state index contributed by atoms with van der Waals surface area (Å²) in [4.78, 5) is 16.2. The summed E-state index contributed by atoms with van der Waals surface area (Å²) < 4.78 is 0. The molecule has 24 heavy (non-hydrogen) atoms. The molecule has 3 aromatic rings. The summed E-state index contributed by atoms with van der Waals surface area (Å²) in [6.07, 6.45) is 1.67. The molecule has 0 bridgehead atoms. The number of carbonyl (C=O) groups excluding carboxylic acids is 1. The molecule has 124 valence electrons. The van der Waals surface area contributed by atoms with Gasteiger partial charge in [-0.1, -0.05) is 23.7 Å². The molecule has 2 amide bonds. The monoisotopic (exact) mass is 344 g/mol. The van der Waals surface area contributed by atoms with Crippen molar-refractivity contribution in [3.8, 4) is 0 Å². The normalized spacial score (nSPS) is 10.6. The van der Waals surface area contributed by atoms with Crippen LogP contribution in [-0.2, 0) is 6.54 Å². The molecule has 4 N–H and O–H groups in total. The summed E-state index contributed by atoms with van der Waals surface area (Å²) in [6.45, 7) is 3.17. The maximum atomic E-state index is 12.0. The van der Waals surface area contributed by atoms with E-state index in [9.17, 15) is 4.79 Å². The SMILES string of the molecule is CCNc1n[nH]c2cc(NC(=O)NCc3ccc(Cl)cc3)ncc12. The van der Waals surface area contributed by atoms with Crippen LogP contribution in [0.2, 0.25) is 5.02 Å². The molecule has 1 aromatic carbocycles. The van der Waals surface area contributed by atoms with Gasteiger partial charge in [-0.2, -0.15) is 5.10 Å². The van der Waals surface area contributed by atoms with Crippen LogP contribution in [-0.4, -0.2) is 27.8 Å². The molecule has 2 heterocycles. The second-order valence-electron chi connectivity index (χ2n) is 5.15. The number of H-pyrrole nitrogens is 1. The molecular formula is C16H17ClN6O. The van der Waals surface area contributed by atoms with Gasteiger partial charge < -0.3 is 10.6 Å². The summed E-state index contributed by atoms with van der Waals surface area (Å²) in [7, 11) is 0. The van der Waals surface area contributed by atoms with E-state index in [0.29, 0.717) is 17.4 Å². The zero-order valence-corrected chi connectivity index (χ0v) is 13.8. The van der Waals surface area contributed by atoms with Crippen molar-refractivity contribution in [3.05, 3.63) is 47.1 Å². The minimum absolute atomic E-state index is 0.330. The lowest BCUT2D eigenvalue weighted by Crippen LogP contribution is -2.28. The van der Waals surface area contributed by atoms with Crippen molar-refractivity contribution in [2.45, 2.75) is 13.5 Å². The Morgan fingerprint density at radius 3 is 2.83 bits per heavy atom. The van der Waals surface area contributed by atoms with E-state index in [2.05, 4.69) is 31.1 Å². The second-order valence-corrected chi connectivity index (χ2v) is 5.59. The molecule has 0 aliphatic carbocycles. The first-order chi connectivity index (χ1) is 11.7. The van der Waals surface area contributed by atoms with Crippen LogP contribution in [0.15, 0.2) is 36.5 Å². The molecule has 0 saturated carbocycles. The van der Waals surface area contributed by atoms with Crippen LogP contribution < -0.4 is 16.0 Å². The molecule has 3 rings (SSSR count). The number of anilines is 2. The van der Waals surface area contributed by atoms with Gasteiger partial charge in [0.15, 0.2) is 5.82 Å². The minimum atomic E-state index is -0.330. The third-order valence-corrected chi connectivity index (χ3v) is 3.65.